The molecule has 1 atom stereocenters. The molecule has 0 aliphatic heterocycles. The van der Waals surface area contributed by atoms with Gasteiger partial charge in [0.1, 0.15) is 0 Å². The standard InChI is InChI=1S/C10H22N2OS/c1-4-9(8-11)7-10(13)12(2)5-6-14-3/h9H,4-8,11H2,1-3H3. The molecule has 0 saturated carbocycles. The van der Waals surface area contributed by atoms with Crippen LogP contribution in [0.3, 0.4) is 0 Å². The Kier molecular flexibility index (Phi) is 7.99. The van der Waals surface area contributed by atoms with Crippen LogP contribution < -0.4 is 5.73 Å². The normalized spacial score (nSPS) is 12.6. The van der Waals surface area contributed by atoms with Gasteiger partial charge in [0.15, 0.2) is 0 Å². The predicted molar refractivity (Wildman–Crippen MR) is 63.5 cm³/mol. The van der Waals surface area contributed by atoms with E-state index in [0.29, 0.717) is 18.9 Å². The summed E-state index contributed by atoms with van der Waals surface area (Å²) in [5.74, 6) is 1.57. The lowest BCUT2D eigenvalue weighted by atomic mass is 10.0. The molecule has 84 valence electrons. The second kappa shape index (κ2) is 8.12. The highest BCUT2D eigenvalue weighted by molar-refractivity contribution is 7.98. The lowest BCUT2D eigenvalue weighted by molar-refractivity contribution is -0.130. The van der Waals surface area contributed by atoms with Crippen LogP contribution in [0.4, 0.5) is 0 Å². The van der Waals surface area contributed by atoms with E-state index in [0.717, 1.165) is 18.7 Å². The third-order valence-corrected chi connectivity index (χ3v) is 3.02. The van der Waals surface area contributed by atoms with E-state index in [1.54, 1.807) is 16.7 Å². The zero-order chi connectivity index (χ0) is 11.0. The number of carbonyl (C=O) groups excluding carboxylic acids is 1. The van der Waals surface area contributed by atoms with Crippen molar-refractivity contribution in [2.75, 3.05) is 32.1 Å². The number of carbonyl (C=O) groups is 1. The van der Waals surface area contributed by atoms with Crippen molar-refractivity contribution < 1.29 is 4.79 Å². The van der Waals surface area contributed by atoms with Crippen LogP contribution in [0, 0.1) is 5.92 Å². The monoisotopic (exact) mass is 218 g/mol. The van der Waals surface area contributed by atoms with Gasteiger partial charge in [0, 0.05) is 25.8 Å². The van der Waals surface area contributed by atoms with Crippen molar-refractivity contribution in [3.8, 4) is 0 Å². The molecule has 1 amide bonds. The van der Waals surface area contributed by atoms with Gasteiger partial charge in [0.2, 0.25) is 5.91 Å². The van der Waals surface area contributed by atoms with Crippen molar-refractivity contribution in [1.82, 2.24) is 4.90 Å². The van der Waals surface area contributed by atoms with E-state index in [4.69, 9.17) is 5.73 Å². The highest BCUT2D eigenvalue weighted by Crippen LogP contribution is 2.08. The van der Waals surface area contributed by atoms with Gasteiger partial charge >= 0.3 is 0 Å². The fourth-order valence-electron chi connectivity index (χ4n) is 1.15. The van der Waals surface area contributed by atoms with Crippen molar-refractivity contribution in [2.45, 2.75) is 19.8 Å². The number of rotatable bonds is 7. The third kappa shape index (κ3) is 5.50. The van der Waals surface area contributed by atoms with Crippen molar-refractivity contribution in [1.29, 1.82) is 0 Å². The minimum Gasteiger partial charge on any atom is -0.345 e. The Labute approximate surface area is 91.4 Å². The first-order valence-electron chi connectivity index (χ1n) is 5.08. The number of nitrogens with two attached hydrogens (primary N) is 1. The maximum Gasteiger partial charge on any atom is 0.222 e. The molecule has 2 N–H and O–H groups in total. The maximum atomic E-state index is 11.6. The molecule has 0 aliphatic carbocycles. The third-order valence-electron chi connectivity index (χ3n) is 2.43. The van der Waals surface area contributed by atoms with Gasteiger partial charge in [0.05, 0.1) is 0 Å². The molecular weight excluding hydrogens is 196 g/mol. The average molecular weight is 218 g/mol. The molecule has 0 aliphatic rings. The topological polar surface area (TPSA) is 46.3 Å². The summed E-state index contributed by atoms with van der Waals surface area (Å²) in [6.07, 6.45) is 3.63. The number of thioether (sulfide) groups is 1. The summed E-state index contributed by atoms with van der Waals surface area (Å²) in [4.78, 5) is 13.4. The molecule has 0 aromatic carbocycles. The largest absolute Gasteiger partial charge is 0.345 e. The highest BCUT2D eigenvalue weighted by atomic mass is 32.2. The number of hydrogen-bond donors (Lipinski definition) is 1. The van der Waals surface area contributed by atoms with Gasteiger partial charge in [-0.05, 0) is 18.7 Å². The quantitative estimate of drug-likeness (QED) is 0.698. The van der Waals surface area contributed by atoms with Crippen LogP contribution in [0.15, 0.2) is 0 Å². The summed E-state index contributed by atoms with van der Waals surface area (Å²) >= 11 is 1.76. The first-order valence-corrected chi connectivity index (χ1v) is 6.48. The number of amides is 1. The van der Waals surface area contributed by atoms with Crippen LogP contribution in [0.25, 0.3) is 0 Å². The van der Waals surface area contributed by atoms with Crippen LogP contribution in [0.1, 0.15) is 19.8 Å². The Morgan fingerprint density at radius 2 is 2.21 bits per heavy atom. The van der Waals surface area contributed by atoms with Crippen molar-refractivity contribution >= 4 is 17.7 Å². The summed E-state index contributed by atoms with van der Waals surface area (Å²) in [5, 5.41) is 0. The molecule has 0 rings (SSSR count). The first-order chi connectivity index (χ1) is 6.65. The van der Waals surface area contributed by atoms with E-state index in [1.165, 1.54) is 0 Å². The summed E-state index contributed by atoms with van der Waals surface area (Å²) in [7, 11) is 1.86. The highest BCUT2D eigenvalue weighted by Gasteiger charge is 2.13. The minimum absolute atomic E-state index is 0.219. The SMILES string of the molecule is CCC(CN)CC(=O)N(C)CCSC. The van der Waals surface area contributed by atoms with E-state index in [2.05, 4.69) is 6.92 Å². The van der Waals surface area contributed by atoms with Gasteiger partial charge in [-0.2, -0.15) is 11.8 Å². The molecule has 14 heavy (non-hydrogen) atoms. The molecule has 0 spiro atoms. The lowest BCUT2D eigenvalue weighted by Crippen LogP contribution is -2.31. The molecule has 0 fully saturated rings. The number of nitrogens with zero attached hydrogens (tertiary/aromatic N) is 1. The Morgan fingerprint density at radius 1 is 1.57 bits per heavy atom. The predicted octanol–water partition coefficient (Wildman–Crippen LogP) is 1.18. The Hall–Kier alpha value is -0.220. The minimum atomic E-state index is 0.219. The van der Waals surface area contributed by atoms with Crippen molar-refractivity contribution in [3.05, 3.63) is 0 Å². The van der Waals surface area contributed by atoms with E-state index < -0.39 is 0 Å². The summed E-state index contributed by atoms with van der Waals surface area (Å²) in [5.41, 5.74) is 5.56. The van der Waals surface area contributed by atoms with Crippen LogP contribution >= 0.6 is 11.8 Å². The van der Waals surface area contributed by atoms with Gasteiger partial charge in [-0.25, -0.2) is 0 Å². The summed E-state index contributed by atoms with van der Waals surface area (Å²) in [6, 6.07) is 0. The second-order valence-electron chi connectivity index (χ2n) is 3.52. The Bertz CT molecular complexity index is 160. The second-order valence-corrected chi connectivity index (χ2v) is 4.51. The maximum absolute atomic E-state index is 11.6. The van der Waals surface area contributed by atoms with Gasteiger partial charge < -0.3 is 10.6 Å². The van der Waals surface area contributed by atoms with Crippen LogP contribution in [0.5, 0.6) is 0 Å². The fourth-order valence-corrected chi connectivity index (χ4v) is 1.61. The molecule has 0 heterocycles. The Balaban J connectivity index is 3.81. The molecule has 0 saturated heterocycles. The number of hydrogen-bond acceptors (Lipinski definition) is 3. The smallest absolute Gasteiger partial charge is 0.222 e. The van der Waals surface area contributed by atoms with Crippen LogP contribution in [-0.2, 0) is 4.79 Å². The molecular formula is C10H22N2OS. The molecule has 0 aromatic heterocycles. The summed E-state index contributed by atoms with van der Waals surface area (Å²) in [6.45, 7) is 3.52. The van der Waals surface area contributed by atoms with Crippen LogP contribution in [-0.4, -0.2) is 43.0 Å². The van der Waals surface area contributed by atoms with Gasteiger partial charge in [0.25, 0.3) is 0 Å². The molecule has 3 nitrogen and oxygen atoms in total. The molecule has 0 radical (unpaired) electrons. The van der Waals surface area contributed by atoms with Crippen molar-refractivity contribution in [2.24, 2.45) is 11.7 Å². The zero-order valence-electron chi connectivity index (χ0n) is 9.45. The molecule has 0 bridgehead atoms. The zero-order valence-corrected chi connectivity index (χ0v) is 10.3. The fraction of sp³-hybridized carbons (Fsp3) is 0.900. The first kappa shape index (κ1) is 13.8. The van der Waals surface area contributed by atoms with Crippen LogP contribution in [0.2, 0.25) is 0 Å². The van der Waals surface area contributed by atoms with E-state index >= 15 is 0 Å². The van der Waals surface area contributed by atoms with E-state index in [1.807, 2.05) is 13.3 Å². The average Bonchev–Trinajstić information content (AvgIpc) is 2.21. The van der Waals surface area contributed by atoms with Crippen molar-refractivity contribution in [3.63, 3.8) is 0 Å². The van der Waals surface area contributed by atoms with Gasteiger partial charge in [-0.3, -0.25) is 4.79 Å². The Morgan fingerprint density at radius 3 is 2.64 bits per heavy atom. The lowest BCUT2D eigenvalue weighted by Gasteiger charge is -2.19. The summed E-state index contributed by atoms with van der Waals surface area (Å²) < 4.78 is 0. The molecule has 1 unspecified atom stereocenters. The van der Waals surface area contributed by atoms with E-state index in [9.17, 15) is 4.79 Å². The molecule has 4 heteroatoms. The van der Waals surface area contributed by atoms with Gasteiger partial charge in [-0.15, -0.1) is 0 Å². The van der Waals surface area contributed by atoms with Gasteiger partial charge in [-0.1, -0.05) is 13.3 Å². The van der Waals surface area contributed by atoms with E-state index in [-0.39, 0.29) is 5.91 Å². The molecule has 0 aromatic rings.